The number of para-hydroxylation sites is 2. The van der Waals surface area contributed by atoms with Crippen LogP contribution in [-0.4, -0.2) is 18.8 Å². The van der Waals surface area contributed by atoms with Crippen LogP contribution in [0.15, 0.2) is 107 Å². The molecule has 0 saturated heterocycles. The molecule has 38 heavy (non-hydrogen) atoms. The highest BCUT2D eigenvalue weighted by Gasteiger charge is 2.42. The summed E-state index contributed by atoms with van der Waals surface area (Å²) in [5.74, 6) is 1.09. The summed E-state index contributed by atoms with van der Waals surface area (Å²) < 4.78 is 11.0. The zero-order valence-corrected chi connectivity index (χ0v) is 21.4. The summed E-state index contributed by atoms with van der Waals surface area (Å²) in [6.45, 7) is 0. The molecule has 6 rings (SSSR count). The predicted molar refractivity (Wildman–Crippen MR) is 147 cm³/mol. The van der Waals surface area contributed by atoms with Crippen LogP contribution >= 0.6 is 11.6 Å². The van der Waals surface area contributed by atoms with Gasteiger partial charge in [0.1, 0.15) is 11.5 Å². The Morgan fingerprint density at radius 3 is 2.45 bits per heavy atom. The van der Waals surface area contributed by atoms with Crippen LogP contribution in [-0.2, 0) is 4.79 Å². The lowest BCUT2D eigenvalue weighted by molar-refractivity contribution is -0.116. The van der Waals surface area contributed by atoms with Gasteiger partial charge < -0.3 is 14.5 Å². The van der Waals surface area contributed by atoms with Crippen LogP contribution in [0, 0.1) is 0 Å². The van der Waals surface area contributed by atoms with Crippen molar-refractivity contribution in [3.63, 3.8) is 0 Å². The van der Waals surface area contributed by atoms with Crippen LogP contribution in [0.4, 0.5) is 11.4 Å². The van der Waals surface area contributed by atoms with E-state index in [1.165, 1.54) is 0 Å². The van der Waals surface area contributed by atoms with E-state index >= 15 is 0 Å². The molecule has 0 saturated carbocycles. The highest BCUT2D eigenvalue weighted by Crippen LogP contribution is 2.48. The maximum atomic E-state index is 14.3. The van der Waals surface area contributed by atoms with Crippen molar-refractivity contribution in [1.82, 2.24) is 0 Å². The molecule has 2 aliphatic rings. The van der Waals surface area contributed by atoms with Gasteiger partial charge in [-0.15, -0.1) is 0 Å². The molecule has 2 atom stereocenters. The summed E-state index contributed by atoms with van der Waals surface area (Å²) in [7, 11) is 1.59. The number of nitrogens with zero attached hydrogens (tertiary/aromatic N) is 1. The van der Waals surface area contributed by atoms with E-state index < -0.39 is 6.04 Å². The van der Waals surface area contributed by atoms with E-state index in [4.69, 9.17) is 20.8 Å². The number of fused-ring (bicyclic) bond motifs is 1. The fourth-order valence-corrected chi connectivity index (χ4v) is 5.50. The predicted octanol–water partition coefficient (Wildman–Crippen LogP) is 7.16. The molecule has 1 N–H and O–H groups in total. The number of ketones is 1. The van der Waals surface area contributed by atoms with Gasteiger partial charge in [-0.1, -0.05) is 35.9 Å². The minimum absolute atomic E-state index is 0.0274. The topological polar surface area (TPSA) is 71.8 Å². The molecular weight excluding hydrogens is 500 g/mol. The number of allylic oxidation sites excluding steroid dienone is 1. The van der Waals surface area contributed by atoms with E-state index in [1.54, 1.807) is 54.7 Å². The number of anilines is 2. The van der Waals surface area contributed by atoms with Crippen molar-refractivity contribution in [1.29, 1.82) is 0 Å². The highest BCUT2D eigenvalue weighted by atomic mass is 35.5. The van der Waals surface area contributed by atoms with Crippen LogP contribution in [0.1, 0.15) is 46.5 Å². The number of carbonyl (C=O) groups is 2. The fraction of sp³-hybridized carbons (Fsp3) is 0.161. The Bertz CT molecular complexity index is 1530. The summed E-state index contributed by atoms with van der Waals surface area (Å²) in [6, 6.07) is 25.1. The van der Waals surface area contributed by atoms with E-state index in [9.17, 15) is 9.59 Å². The molecule has 1 aromatic heterocycles. The highest BCUT2D eigenvalue weighted by molar-refractivity contribution is 6.30. The number of benzene rings is 3. The summed E-state index contributed by atoms with van der Waals surface area (Å²) in [5, 5.41) is 4.11. The summed E-state index contributed by atoms with van der Waals surface area (Å²) in [5.41, 5.74) is 4.09. The van der Waals surface area contributed by atoms with Crippen molar-refractivity contribution >= 4 is 34.7 Å². The van der Waals surface area contributed by atoms with Gasteiger partial charge in [-0.25, -0.2) is 0 Å². The van der Waals surface area contributed by atoms with Gasteiger partial charge in [0.05, 0.1) is 30.8 Å². The number of methoxy groups -OCH3 is 1. The number of halogens is 1. The molecule has 3 aromatic carbocycles. The maximum absolute atomic E-state index is 14.3. The van der Waals surface area contributed by atoms with Crippen LogP contribution in [0.5, 0.6) is 5.75 Å². The summed E-state index contributed by atoms with van der Waals surface area (Å²) in [6.07, 6.45) is 2.50. The van der Waals surface area contributed by atoms with Gasteiger partial charge in [0, 0.05) is 34.2 Å². The number of amides is 1. The van der Waals surface area contributed by atoms with E-state index in [2.05, 4.69) is 5.32 Å². The van der Waals surface area contributed by atoms with E-state index in [0.29, 0.717) is 40.4 Å². The molecule has 0 spiro atoms. The molecule has 6 nitrogen and oxygen atoms in total. The second kappa shape index (κ2) is 9.88. The number of ether oxygens (including phenoxy) is 1. The van der Waals surface area contributed by atoms with Crippen LogP contribution in [0.3, 0.4) is 0 Å². The van der Waals surface area contributed by atoms with Crippen molar-refractivity contribution in [3.8, 4) is 5.75 Å². The molecule has 0 radical (unpaired) electrons. The van der Waals surface area contributed by atoms with Gasteiger partial charge in [0.25, 0.3) is 5.91 Å². The third-order valence-corrected chi connectivity index (χ3v) is 7.43. The molecule has 2 heterocycles. The molecule has 1 aliphatic heterocycles. The molecule has 1 aliphatic carbocycles. The monoisotopic (exact) mass is 524 g/mol. The second-order valence-corrected chi connectivity index (χ2v) is 9.87. The minimum atomic E-state index is -0.655. The first-order valence-corrected chi connectivity index (χ1v) is 12.8. The number of carbonyl (C=O) groups excluding carboxylic acids is 2. The van der Waals surface area contributed by atoms with Gasteiger partial charge in [0.15, 0.2) is 5.78 Å². The minimum Gasteiger partial charge on any atom is -0.497 e. The average molecular weight is 525 g/mol. The van der Waals surface area contributed by atoms with Crippen LogP contribution in [0.2, 0.25) is 5.02 Å². The average Bonchev–Trinajstić information content (AvgIpc) is 3.44. The number of rotatable bonds is 4. The van der Waals surface area contributed by atoms with Gasteiger partial charge in [-0.3, -0.25) is 14.5 Å². The lowest BCUT2D eigenvalue weighted by Crippen LogP contribution is -2.38. The summed E-state index contributed by atoms with van der Waals surface area (Å²) >= 11 is 6.24. The quantitative estimate of drug-likeness (QED) is 0.307. The van der Waals surface area contributed by atoms with Gasteiger partial charge in [-0.2, -0.15) is 0 Å². The van der Waals surface area contributed by atoms with Crippen molar-refractivity contribution in [3.05, 3.63) is 124 Å². The number of Topliss-reactive ketones (excluding diaryl/α,β-unsaturated/α-hetero) is 1. The number of furan rings is 1. The fourth-order valence-electron chi connectivity index (χ4n) is 5.37. The van der Waals surface area contributed by atoms with Crippen LogP contribution in [0.25, 0.3) is 0 Å². The number of hydrogen-bond donors (Lipinski definition) is 1. The Morgan fingerprint density at radius 1 is 0.974 bits per heavy atom. The van der Waals surface area contributed by atoms with Crippen LogP contribution < -0.4 is 15.0 Å². The Hall–Kier alpha value is -4.29. The number of hydrogen-bond acceptors (Lipinski definition) is 5. The molecule has 4 aromatic rings. The molecule has 0 unspecified atom stereocenters. The van der Waals surface area contributed by atoms with Gasteiger partial charge in [0.2, 0.25) is 0 Å². The molecule has 7 heteroatoms. The molecule has 0 fully saturated rings. The smallest absolute Gasteiger partial charge is 0.259 e. The standard InChI is InChI=1S/C31H25ClN2O4/c1-37-23-14-10-20(11-15-23)31(36)34-26-6-3-2-5-24(26)33-25-17-21(28-7-4-16-38-28)18-27(35)29(25)30(34)19-8-12-22(32)13-9-19/h2-16,21,30,33H,17-18H2,1H3/t21-,30+/m1/s1. The molecule has 1 amide bonds. The lowest BCUT2D eigenvalue weighted by Gasteiger charge is -2.35. The maximum Gasteiger partial charge on any atom is 0.259 e. The Labute approximate surface area is 225 Å². The third-order valence-electron chi connectivity index (χ3n) is 7.18. The first-order chi connectivity index (χ1) is 18.5. The van der Waals surface area contributed by atoms with E-state index in [0.717, 1.165) is 22.7 Å². The largest absolute Gasteiger partial charge is 0.497 e. The Kier molecular flexibility index (Phi) is 6.26. The first kappa shape index (κ1) is 24.1. The van der Waals surface area contributed by atoms with E-state index in [1.807, 2.05) is 48.5 Å². The van der Waals surface area contributed by atoms with Crippen molar-refractivity contribution in [2.24, 2.45) is 0 Å². The van der Waals surface area contributed by atoms with Gasteiger partial charge in [-0.05, 0) is 72.6 Å². The molecular formula is C31H25ClN2O4. The Balaban J connectivity index is 1.55. The zero-order valence-electron chi connectivity index (χ0n) is 20.7. The zero-order chi connectivity index (χ0) is 26.2. The van der Waals surface area contributed by atoms with Crippen molar-refractivity contribution < 1.29 is 18.7 Å². The molecule has 190 valence electrons. The normalized spacial score (nSPS) is 18.8. The SMILES string of the molecule is COc1ccc(C(=O)N2c3ccccc3NC3=C(C(=O)C[C@H](c4ccco4)C3)[C@@H]2c2ccc(Cl)cc2)cc1. The van der Waals surface area contributed by atoms with Gasteiger partial charge >= 0.3 is 0 Å². The van der Waals surface area contributed by atoms with Crippen molar-refractivity contribution in [2.45, 2.75) is 24.8 Å². The summed E-state index contributed by atoms with van der Waals surface area (Å²) in [4.78, 5) is 30.0. The number of nitrogens with one attached hydrogen (secondary N) is 1. The van der Waals surface area contributed by atoms with E-state index in [-0.39, 0.29) is 17.6 Å². The molecule has 0 bridgehead atoms. The third kappa shape index (κ3) is 4.27. The first-order valence-electron chi connectivity index (χ1n) is 12.4. The van der Waals surface area contributed by atoms with Crippen molar-refractivity contribution in [2.75, 3.05) is 17.3 Å². The lowest BCUT2D eigenvalue weighted by atomic mass is 9.80. The Morgan fingerprint density at radius 2 is 1.74 bits per heavy atom. The second-order valence-electron chi connectivity index (χ2n) is 9.44.